The second-order valence-corrected chi connectivity index (χ2v) is 2.93. The van der Waals surface area contributed by atoms with Crippen LogP contribution in [0.1, 0.15) is 29.8 Å². The first kappa shape index (κ1) is 10.6. The lowest BCUT2D eigenvalue weighted by Gasteiger charge is -2.09. The van der Waals surface area contributed by atoms with Crippen molar-refractivity contribution in [3.63, 3.8) is 0 Å². The van der Waals surface area contributed by atoms with Gasteiger partial charge in [-0.2, -0.15) is 0 Å². The highest BCUT2D eigenvalue weighted by molar-refractivity contribution is 5.77. The summed E-state index contributed by atoms with van der Waals surface area (Å²) in [5, 5.41) is 9.70. The average molecular weight is 194 g/mol. The van der Waals surface area contributed by atoms with E-state index in [4.69, 9.17) is 4.74 Å². The first-order chi connectivity index (χ1) is 6.72. The highest BCUT2D eigenvalue weighted by Gasteiger charge is 2.08. The molecule has 1 aromatic carbocycles. The Morgan fingerprint density at radius 1 is 1.43 bits per heavy atom. The van der Waals surface area contributed by atoms with Gasteiger partial charge in [0.15, 0.2) is 11.5 Å². The smallest absolute Gasteiger partial charge is 0.161 e. The Kier molecular flexibility index (Phi) is 3.51. The zero-order chi connectivity index (χ0) is 10.6. The summed E-state index contributed by atoms with van der Waals surface area (Å²) < 4.78 is 5.21. The number of hydrogen-bond donors (Lipinski definition) is 1. The summed E-state index contributed by atoms with van der Waals surface area (Å²) in [6.45, 7) is 4.22. The zero-order valence-corrected chi connectivity index (χ0v) is 8.41. The molecule has 0 radical (unpaired) electrons. The molecule has 0 fully saturated rings. The number of ether oxygens (including phenoxy) is 1. The first-order valence-corrected chi connectivity index (χ1v) is 4.66. The van der Waals surface area contributed by atoms with Gasteiger partial charge in [-0.15, -0.1) is 0 Å². The molecule has 0 aliphatic heterocycles. The van der Waals surface area contributed by atoms with Crippen LogP contribution in [0.15, 0.2) is 12.1 Å². The maximum atomic E-state index is 10.6. The Balaban J connectivity index is 3.19. The molecule has 0 aliphatic carbocycles. The van der Waals surface area contributed by atoms with E-state index in [1.165, 1.54) is 0 Å². The van der Waals surface area contributed by atoms with Crippen molar-refractivity contribution in [3.8, 4) is 11.5 Å². The molecule has 1 aromatic rings. The minimum Gasteiger partial charge on any atom is -0.504 e. The van der Waals surface area contributed by atoms with Gasteiger partial charge in [-0.05, 0) is 31.0 Å². The monoisotopic (exact) mass is 194 g/mol. The predicted molar refractivity (Wildman–Crippen MR) is 54.0 cm³/mol. The molecule has 0 atom stereocenters. The van der Waals surface area contributed by atoms with E-state index in [1.54, 1.807) is 12.1 Å². The standard InChI is InChI=1S/C11H14O3/c1-3-9-5-8(7-12)6-10(11(9)13)14-4-2/h5-7,13H,3-4H2,1-2H3. The highest BCUT2D eigenvalue weighted by atomic mass is 16.5. The summed E-state index contributed by atoms with van der Waals surface area (Å²) in [4.78, 5) is 10.6. The van der Waals surface area contributed by atoms with Crippen LogP contribution in [-0.4, -0.2) is 18.0 Å². The van der Waals surface area contributed by atoms with Crippen LogP contribution in [0.5, 0.6) is 11.5 Å². The van der Waals surface area contributed by atoms with Crippen LogP contribution in [-0.2, 0) is 6.42 Å². The van der Waals surface area contributed by atoms with Crippen molar-refractivity contribution in [1.29, 1.82) is 0 Å². The van der Waals surface area contributed by atoms with Crippen LogP contribution in [0.2, 0.25) is 0 Å². The highest BCUT2D eigenvalue weighted by Crippen LogP contribution is 2.31. The molecule has 0 spiro atoms. The molecular weight excluding hydrogens is 180 g/mol. The van der Waals surface area contributed by atoms with Gasteiger partial charge in [-0.25, -0.2) is 0 Å². The quantitative estimate of drug-likeness (QED) is 0.747. The third-order valence-corrected chi connectivity index (χ3v) is 1.99. The number of carbonyl (C=O) groups is 1. The van der Waals surface area contributed by atoms with Gasteiger partial charge in [-0.3, -0.25) is 4.79 Å². The molecule has 76 valence electrons. The van der Waals surface area contributed by atoms with Gasteiger partial charge in [0.2, 0.25) is 0 Å². The summed E-state index contributed by atoms with van der Waals surface area (Å²) in [6.07, 6.45) is 1.43. The van der Waals surface area contributed by atoms with Crippen molar-refractivity contribution in [2.24, 2.45) is 0 Å². The van der Waals surface area contributed by atoms with E-state index in [-0.39, 0.29) is 5.75 Å². The van der Waals surface area contributed by atoms with Crippen molar-refractivity contribution < 1.29 is 14.6 Å². The zero-order valence-electron chi connectivity index (χ0n) is 8.41. The third-order valence-electron chi connectivity index (χ3n) is 1.99. The van der Waals surface area contributed by atoms with Gasteiger partial charge in [-0.1, -0.05) is 6.92 Å². The molecule has 0 saturated carbocycles. The second kappa shape index (κ2) is 4.65. The fourth-order valence-corrected chi connectivity index (χ4v) is 1.29. The molecule has 3 heteroatoms. The second-order valence-electron chi connectivity index (χ2n) is 2.93. The topological polar surface area (TPSA) is 46.5 Å². The summed E-state index contributed by atoms with van der Waals surface area (Å²) in [5.41, 5.74) is 1.26. The summed E-state index contributed by atoms with van der Waals surface area (Å²) in [5.74, 6) is 0.522. The number of hydrogen-bond acceptors (Lipinski definition) is 3. The number of aromatic hydroxyl groups is 1. The van der Waals surface area contributed by atoms with Gasteiger partial charge < -0.3 is 9.84 Å². The van der Waals surface area contributed by atoms with E-state index in [2.05, 4.69) is 0 Å². The molecule has 0 unspecified atom stereocenters. The Morgan fingerprint density at radius 3 is 2.64 bits per heavy atom. The summed E-state index contributed by atoms with van der Waals surface area (Å²) in [7, 11) is 0. The molecular formula is C11H14O3. The molecule has 14 heavy (non-hydrogen) atoms. The Labute approximate surface area is 83.3 Å². The molecule has 3 nitrogen and oxygen atoms in total. The Morgan fingerprint density at radius 2 is 2.14 bits per heavy atom. The SMILES string of the molecule is CCOc1cc(C=O)cc(CC)c1O. The molecule has 0 bridgehead atoms. The molecule has 0 aliphatic rings. The molecule has 1 rings (SSSR count). The van der Waals surface area contributed by atoms with E-state index in [0.29, 0.717) is 24.3 Å². The van der Waals surface area contributed by atoms with E-state index in [9.17, 15) is 9.90 Å². The number of benzene rings is 1. The van der Waals surface area contributed by atoms with Gasteiger partial charge in [0, 0.05) is 5.56 Å². The fraction of sp³-hybridized carbons (Fsp3) is 0.364. The molecule has 0 heterocycles. The number of rotatable bonds is 4. The normalized spacial score (nSPS) is 9.86. The van der Waals surface area contributed by atoms with E-state index < -0.39 is 0 Å². The fourth-order valence-electron chi connectivity index (χ4n) is 1.29. The minimum absolute atomic E-state index is 0.139. The number of phenolic OH excluding ortho intramolecular Hbond substituents is 1. The largest absolute Gasteiger partial charge is 0.504 e. The van der Waals surface area contributed by atoms with Crippen LogP contribution in [0.4, 0.5) is 0 Å². The molecule has 1 N–H and O–H groups in total. The third kappa shape index (κ3) is 2.05. The molecule has 0 saturated heterocycles. The number of aldehydes is 1. The van der Waals surface area contributed by atoms with Crippen molar-refractivity contribution >= 4 is 6.29 Å². The lowest BCUT2D eigenvalue weighted by atomic mass is 10.1. The number of aryl methyl sites for hydroxylation is 1. The van der Waals surface area contributed by atoms with Crippen molar-refractivity contribution in [3.05, 3.63) is 23.3 Å². The van der Waals surface area contributed by atoms with Gasteiger partial charge in [0.05, 0.1) is 6.61 Å². The average Bonchev–Trinajstić information content (AvgIpc) is 2.21. The maximum Gasteiger partial charge on any atom is 0.161 e. The lowest BCUT2D eigenvalue weighted by molar-refractivity contribution is 0.112. The van der Waals surface area contributed by atoms with Crippen molar-refractivity contribution in [2.75, 3.05) is 6.61 Å². The Hall–Kier alpha value is -1.51. The van der Waals surface area contributed by atoms with Crippen LogP contribution >= 0.6 is 0 Å². The van der Waals surface area contributed by atoms with Crippen LogP contribution in [0, 0.1) is 0 Å². The van der Waals surface area contributed by atoms with E-state index in [1.807, 2.05) is 13.8 Å². The first-order valence-electron chi connectivity index (χ1n) is 4.66. The van der Waals surface area contributed by atoms with Crippen molar-refractivity contribution in [2.45, 2.75) is 20.3 Å². The molecule has 0 amide bonds. The van der Waals surface area contributed by atoms with Crippen LogP contribution in [0.3, 0.4) is 0 Å². The van der Waals surface area contributed by atoms with Crippen LogP contribution in [0.25, 0.3) is 0 Å². The summed E-state index contributed by atoms with van der Waals surface area (Å²) in [6, 6.07) is 3.22. The predicted octanol–water partition coefficient (Wildman–Crippen LogP) is 2.17. The number of carbonyl (C=O) groups excluding carboxylic acids is 1. The van der Waals surface area contributed by atoms with E-state index in [0.717, 1.165) is 11.8 Å². The summed E-state index contributed by atoms with van der Waals surface area (Å²) >= 11 is 0. The van der Waals surface area contributed by atoms with Gasteiger partial charge in [0.25, 0.3) is 0 Å². The maximum absolute atomic E-state index is 10.6. The minimum atomic E-state index is 0.139. The molecule has 0 aromatic heterocycles. The van der Waals surface area contributed by atoms with Gasteiger partial charge in [0.1, 0.15) is 6.29 Å². The Bertz CT molecular complexity index is 332. The lowest BCUT2D eigenvalue weighted by Crippen LogP contribution is -1.96. The number of phenols is 1. The van der Waals surface area contributed by atoms with Gasteiger partial charge >= 0.3 is 0 Å². The van der Waals surface area contributed by atoms with E-state index >= 15 is 0 Å². The van der Waals surface area contributed by atoms with Crippen molar-refractivity contribution in [1.82, 2.24) is 0 Å². The van der Waals surface area contributed by atoms with Crippen LogP contribution < -0.4 is 4.74 Å².